The van der Waals surface area contributed by atoms with Crippen LogP contribution in [0.4, 0.5) is 8.71 Å². The van der Waals surface area contributed by atoms with E-state index in [2.05, 4.69) is 0 Å². The Balaban J connectivity index is 3.07. The Morgan fingerprint density at radius 3 is 2.60 bits per heavy atom. The zero-order chi connectivity index (χ0) is 7.56. The van der Waals surface area contributed by atoms with E-state index in [-0.39, 0.29) is 18.8 Å². The first-order chi connectivity index (χ1) is 4.74. The second-order valence-corrected chi connectivity index (χ2v) is 1.81. The van der Waals surface area contributed by atoms with Gasteiger partial charge in [-0.1, -0.05) is 6.07 Å². The molecule has 0 spiro atoms. The quantitative estimate of drug-likeness (QED) is 0.572. The van der Waals surface area contributed by atoms with Gasteiger partial charge in [-0.3, -0.25) is 0 Å². The van der Waals surface area contributed by atoms with Crippen molar-refractivity contribution in [3.63, 3.8) is 0 Å². The summed E-state index contributed by atoms with van der Waals surface area (Å²) in [5.41, 5.74) is -0.0126. The van der Waals surface area contributed by atoms with Crippen molar-refractivity contribution in [2.45, 2.75) is 0 Å². The predicted molar refractivity (Wildman–Crippen MR) is 34.6 cm³/mol. The minimum Gasteiger partial charge on any atom is -0.508 e. The Hall–Kier alpha value is -1.06. The normalized spacial score (nSPS) is 9.40. The number of phenolic OH excluding ortho intramolecular Hbond substituents is 1. The zero-order valence-corrected chi connectivity index (χ0v) is 5.01. The van der Waals surface area contributed by atoms with E-state index in [1.807, 2.05) is 0 Å². The van der Waals surface area contributed by atoms with Crippen molar-refractivity contribution in [3.05, 3.63) is 24.0 Å². The third kappa shape index (κ3) is 1.26. The van der Waals surface area contributed by atoms with E-state index >= 15 is 0 Å². The van der Waals surface area contributed by atoms with Crippen molar-refractivity contribution in [2.75, 3.05) is 0 Å². The van der Waals surface area contributed by atoms with Crippen LogP contribution in [0.5, 0.6) is 5.75 Å². The topological polar surface area (TPSA) is 20.2 Å². The summed E-state index contributed by atoms with van der Waals surface area (Å²) in [6, 6.07) is 3.08. The Kier molecular flexibility index (Phi) is 1.90. The molecule has 0 saturated heterocycles. The second kappa shape index (κ2) is 2.69. The highest BCUT2D eigenvalue weighted by molar-refractivity contribution is 6.47. The molecule has 0 aliphatic carbocycles. The first kappa shape index (κ1) is 7.06. The van der Waals surface area contributed by atoms with Gasteiger partial charge in [-0.05, 0) is 11.5 Å². The van der Waals surface area contributed by atoms with Gasteiger partial charge in [-0.2, -0.15) is 0 Å². The van der Waals surface area contributed by atoms with Crippen LogP contribution in [0.25, 0.3) is 0 Å². The smallest absolute Gasteiger partial charge is 0.395 e. The molecular formula is C6H4BF2O. The average molecular weight is 141 g/mol. The Labute approximate surface area is 57.6 Å². The number of halogens is 2. The lowest BCUT2D eigenvalue weighted by molar-refractivity contribution is 0.473. The van der Waals surface area contributed by atoms with E-state index in [0.717, 1.165) is 18.2 Å². The highest BCUT2D eigenvalue weighted by Crippen LogP contribution is 2.06. The Morgan fingerprint density at radius 1 is 1.40 bits per heavy atom. The van der Waals surface area contributed by atoms with E-state index in [9.17, 15) is 8.71 Å². The molecular weight excluding hydrogens is 137 g/mol. The molecule has 1 aromatic rings. The molecule has 0 aliphatic heterocycles. The van der Waals surface area contributed by atoms with Gasteiger partial charge in [0.05, 0.1) is 0 Å². The molecule has 4 heteroatoms. The van der Waals surface area contributed by atoms with Gasteiger partial charge >= 0.3 is 7.56 Å². The largest absolute Gasteiger partial charge is 0.508 e. The van der Waals surface area contributed by atoms with E-state index in [0.29, 0.717) is 0 Å². The standard InChI is InChI=1S/C6H4BF2O/c8-4-1-2-5(7-9)6(10)3-4/h1-3,10H. The SMILES string of the molecule is Oc1cc(F)ccc1[B]F. The molecule has 0 heterocycles. The lowest BCUT2D eigenvalue weighted by Gasteiger charge is -1.96. The van der Waals surface area contributed by atoms with Crippen molar-refractivity contribution in [1.82, 2.24) is 0 Å². The first-order valence-electron chi connectivity index (χ1n) is 2.66. The van der Waals surface area contributed by atoms with Crippen LogP contribution in [0.15, 0.2) is 18.2 Å². The molecule has 0 aromatic heterocycles. The highest BCUT2D eigenvalue weighted by Gasteiger charge is 2.02. The van der Waals surface area contributed by atoms with Gasteiger partial charge in [0.15, 0.2) is 0 Å². The number of hydrogen-bond donors (Lipinski definition) is 1. The van der Waals surface area contributed by atoms with Crippen LogP contribution < -0.4 is 5.46 Å². The molecule has 0 bridgehead atoms. The lowest BCUT2D eigenvalue weighted by Crippen LogP contribution is -2.09. The number of hydrogen-bond acceptors (Lipinski definition) is 1. The second-order valence-electron chi connectivity index (χ2n) is 1.81. The molecule has 0 unspecified atom stereocenters. The Bertz CT molecular complexity index is 239. The highest BCUT2D eigenvalue weighted by atomic mass is 19.1. The van der Waals surface area contributed by atoms with Crippen LogP contribution in [0.1, 0.15) is 0 Å². The minimum atomic E-state index is -0.580. The fourth-order valence-electron chi connectivity index (χ4n) is 0.609. The molecule has 51 valence electrons. The monoisotopic (exact) mass is 141 g/mol. The van der Waals surface area contributed by atoms with Crippen molar-refractivity contribution >= 4 is 13.0 Å². The van der Waals surface area contributed by atoms with Gasteiger partial charge in [-0.25, -0.2) is 4.39 Å². The summed E-state index contributed by atoms with van der Waals surface area (Å²) in [7, 11) is 0.217. The molecule has 0 amide bonds. The van der Waals surface area contributed by atoms with E-state index in [4.69, 9.17) is 5.11 Å². The molecule has 1 nitrogen and oxygen atoms in total. The summed E-state index contributed by atoms with van der Waals surface area (Å²) in [6.07, 6.45) is 0. The zero-order valence-electron chi connectivity index (χ0n) is 5.01. The summed E-state index contributed by atoms with van der Waals surface area (Å²) in [5.74, 6) is -0.967. The summed E-state index contributed by atoms with van der Waals surface area (Å²) < 4.78 is 23.9. The van der Waals surface area contributed by atoms with Crippen LogP contribution in [0, 0.1) is 5.82 Å². The van der Waals surface area contributed by atoms with Gasteiger partial charge in [-0.15, -0.1) is 0 Å². The number of benzene rings is 1. The summed E-state index contributed by atoms with van der Waals surface area (Å²) in [5, 5.41) is 8.78. The lowest BCUT2D eigenvalue weighted by atomic mass is 9.90. The fraction of sp³-hybridized carbons (Fsp3) is 0. The van der Waals surface area contributed by atoms with Crippen LogP contribution in [-0.2, 0) is 0 Å². The van der Waals surface area contributed by atoms with Crippen LogP contribution >= 0.6 is 0 Å². The molecule has 1 radical (unpaired) electrons. The van der Waals surface area contributed by atoms with Gasteiger partial charge in [0.1, 0.15) is 11.6 Å². The maximum atomic E-state index is 12.2. The molecule has 0 aliphatic rings. The molecule has 0 atom stereocenters. The van der Waals surface area contributed by atoms with Crippen molar-refractivity contribution in [1.29, 1.82) is 0 Å². The van der Waals surface area contributed by atoms with Gasteiger partial charge in [0.2, 0.25) is 0 Å². The predicted octanol–water partition coefficient (Wildman–Crippen LogP) is 0.745. The van der Waals surface area contributed by atoms with Gasteiger partial charge < -0.3 is 9.42 Å². The van der Waals surface area contributed by atoms with Crippen LogP contribution in [0.2, 0.25) is 0 Å². The molecule has 10 heavy (non-hydrogen) atoms. The maximum absolute atomic E-state index is 12.2. The van der Waals surface area contributed by atoms with Gasteiger partial charge in [0.25, 0.3) is 0 Å². The van der Waals surface area contributed by atoms with Gasteiger partial charge in [0, 0.05) is 6.07 Å². The van der Waals surface area contributed by atoms with Crippen molar-refractivity contribution in [2.24, 2.45) is 0 Å². The van der Waals surface area contributed by atoms with E-state index in [1.165, 1.54) is 0 Å². The van der Waals surface area contributed by atoms with E-state index in [1.54, 1.807) is 0 Å². The van der Waals surface area contributed by atoms with Crippen molar-refractivity contribution < 1.29 is 13.8 Å². The molecule has 0 saturated carbocycles. The first-order valence-corrected chi connectivity index (χ1v) is 2.66. The number of phenols is 1. The molecule has 1 aromatic carbocycles. The number of rotatable bonds is 1. The Morgan fingerprint density at radius 2 is 2.10 bits per heavy atom. The molecule has 1 rings (SSSR count). The maximum Gasteiger partial charge on any atom is 0.395 e. The molecule has 0 fully saturated rings. The third-order valence-corrected chi connectivity index (χ3v) is 1.11. The molecule has 1 N–H and O–H groups in total. The third-order valence-electron chi connectivity index (χ3n) is 1.11. The summed E-state index contributed by atoms with van der Waals surface area (Å²) in [4.78, 5) is 0. The summed E-state index contributed by atoms with van der Waals surface area (Å²) in [6.45, 7) is 0. The average Bonchev–Trinajstić information content (AvgIpc) is 1.88. The summed E-state index contributed by atoms with van der Waals surface area (Å²) >= 11 is 0. The van der Waals surface area contributed by atoms with Crippen LogP contribution in [0.3, 0.4) is 0 Å². The van der Waals surface area contributed by atoms with Crippen molar-refractivity contribution in [3.8, 4) is 5.75 Å². The van der Waals surface area contributed by atoms with E-state index < -0.39 is 5.82 Å². The van der Waals surface area contributed by atoms with Crippen LogP contribution in [-0.4, -0.2) is 12.7 Å². The fourth-order valence-corrected chi connectivity index (χ4v) is 0.609. The minimum absolute atomic E-state index is 0.0126. The number of aromatic hydroxyl groups is 1.